The van der Waals surface area contributed by atoms with Crippen molar-refractivity contribution in [3.05, 3.63) is 18.5 Å². The Morgan fingerprint density at radius 1 is 1.09 bits per heavy atom. The van der Waals surface area contributed by atoms with Crippen LogP contribution in [0.4, 0.5) is 0 Å². The second-order valence-electron chi connectivity index (χ2n) is 5.41. The molecule has 6 heteroatoms. The van der Waals surface area contributed by atoms with Crippen LogP contribution < -0.4 is 19.5 Å². The molecule has 0 unspecified atom stereocenters. The highest BCUT2D eigenvalue weighted by Gasteiger charge is 2.16. The van der Waals surface area contributed by atoms with E-state index in [2.05, 4.69) is 15.3 Å². The van der Waals surface area contributed by atoms with Crippen LogP contribution in [0, 0.1) is 5.92 Å². The molecule has 22 heavy (non-hydrogen) atoms. The second-order valence-corrected chi connectivity index (χ2v) is 5.41. The van der Waals surface area contributed by atoms with Crippen molar-refractivity contribution >= 4 is 10.9 Å². The highest BCUT2D eigenvalue weighted by molar-refractivity contribution is 5.86. The number of nitrogens with one attached hydrogen (secondary N) is 1. The Bertz CT molecular complexity index is 642. The molecular formula is C16H21N3O3. The third kappa shape index (κ3) is 3.06. The maximum absolute atomic E-state index is 5.96. The van der Waals surface area contributed by atoms with E-state index >= 15 is 0 Å². The molecule has 3 rings (SSSR count). The number of hydrogen-bond acceptors (Lipinski definition) is 6. The molecule has 1 fully saturated rings. The largest absolute Gasteiger partial charge is 0.493 e. The molecule has 1 aliphatic rings. The molecule has 0 atom stereocenters. The molecule has 1 aromatic heterocycles. The minimum absolute atomic E-state index is 0.575. The maximum Gasteiger partial charge on any atom is 0.224 e. The van der Waals surface area contributed by atoms with Crippen molar-refractivity contribution in [1.82, 2.24) is 15.3 Å². The first-order valence-electron chi connectivity index (χ1n) is 7.52. The van der Waals surface area contributed by atoms with Crippen LogP contribution in [-0.4, -0.2) is 43.9 Å². The zero-order valence-electron chi connectivity index (χ0n) is 13.0. The fraction of sp³-hybridized carbons (Fsp3) is 0.500. The molecule has 1 aliphatic heterocycles. The minimum atomic E-state index is 0.575. The molecule has 6 nitrogen and oxygen atoms in total. The SMILES string of the molecule is COc1cc2ncnc(OCC3CCNCC3)c2cc1OC. The van der Waals surface area contributed by atoms with Gasteiger partial charge >= 0.3 is 0 Å². The van der Waals surface area contributed by atoms with Crippen molar-refractivity contribution in [3.8, 4) is 17.4 Å². The van der Waals surface area contributed by atoms with E-state index in [4.69, 9.17) is 14.2 Å². The summed E-state index contributed by atoms with van der Waals surface area (Å²) in [5.74, 6) is 2.48. The van der Waals surface area contributed by atoms with E-state index in [1.807, 2.05) is 12.1 Å². The summed E-state index contributed by atoms with van der Waals surface area (Å²) in [4.78, 5) is 8.56. The summed E-state index contributed by atoms with van der Waals surface area (Å²) in [7, 11) is 3.22. The standard InChI is InChI=1S/C16H21N3O3/c1-20-14-7-12-13(8-15(14)21-2)18-10-19-16(12)22-9-11-3-5-17-6-4-11/h7-8,10-11,17H,3-6,9H2,1-2H3. The number of ether oxygens (including phenoxy) is 3. The molecular weight excluding hydrogens is 282 g/mol. The van der Waals surface area contributed by atoms with Gasteiger partial charge in [0, 0.05) is 6.07 Å². The van der Waals surface area contributed by atoms with Crippen LogP contribution >= 0.6 is 0 Å². The Balaban J connectivity index is 1.85. The third-order valence-corrected chi connectivity index (χ3v) is 4.02. The average Bonchev–Trinajstić information content (AvgIpc) is 2.59. The zero-order chi connectivity index (χ0) is 15.4. The van der Waals surface area contributed by atoms with E-state index in [-0.39, 0.29) is 0 Å². The van der Waals surface area contributed by atoms with Gasteiger partial charge in [-0.1, -0.05) is 0 Å². The van der Waals surface area contributed by atoms with Crippen LogP contribution in [0.2, 0.25) is 0 Å². The fourth-order valence-electron chi connectivity index (χ4n) is 2.72. The van der Waals surface area contributed by atoms with Gasteiger partial charge in [-0.3, -0.25) is 0 Å². The highest BCUT2D eigenvalue weighted by Crippen LogP contribution is 2.34. The van der Waals surface area contributed by atoms with Crippen LogP contribution in [-0.2, 0) is 0 Å². The lowest BCUT2D eigenvalue weighted by Gasteiger charge is -2.22. The first kappa shape index (κ1) is 14.8. The van der Waals surface area contributed by atoms with Gasteiger partial charge < -0.3 is 19.5 Å². The molecule has 0 bridgehead atoms. The van der Waals surface area contributed by atoms with E-state index < -0.39 is 0 Å². The first-order chi connectivity index (χ1) is 10.8. The summed E-state index contributed by atoms with van der Waals surface area (Å²) in [5.41, 5.74) is 0.785. The molecule has 1 aromatic carbocycles. The predicted octanol–water partition coefficient (Wildman–Crippen LogP) is 2.03. The molecule has 0 spiro atoms. The molecule has 0 saturated carbocycles. The number of rotatable bonds is 5. The van der Waals surface area contributed by atoms with E-state index in [1.54, 1.807) is 14.2 Å². The van der Waals surface area contributed by atoms with Crippen molar-refractivity contribution in [2.75, 3.05) is 33.9 Å². The highest BCUT2D eigenvalue weighted by atomic mass is 16.5. The maximum atomic E-state index is 5.96. The lowest BCUT2D eigenvalue weighted by atomic mass is 9.99. The van der Waals surface area contributed by atoms with Gasteiger partial charge in [-0.05, 0) is 37.9 Å². The van der Waals surface area contributed by atoms with Crippen molar-refractivity contribution in [3.63, 3.8) is 0 Å². The molecule has 0 aliphatic carbocycles. The van der Waals surface area contributed by atoms with Crippen molar-refractivity contribution < 1.29 is 14.2 Å². The molecule has 0 radical (unpaired) electrons. The molecule has 118 valence electrons. The Hall–Kier alpha value is -2.08. The minimum Gasteiger partial charge on any atom is -0.493 e. The number of aromatic nitrogens is 2. The van der Waals surface area contributed by atoms with Crippen LogP contribution in [0.3, 0.4) is 0 Å². The van der Waals surface area contributed by atoms with Crippen LogP contribution in [0.1, 0.15) is 12.8 Å². The summed E-state index contributed by atoms with van der Waals surface area (Å²) < 4.78 is 16.6. The summed E-state index contributed by atoms with van der Waals surface area (Å²) in [5, 5.41) is 4.20. The summed E-state index contributed by atoms with van der Waals surface area (Å²) >= 11 is 0. The van der Waals surface area contributed by atoms with Crippen LogP contribution in [0.25, 0.3) is 10.9 Å². The van der Waals surface area contributed by atoms with E-state index in [1.165, 1.54) is 6.33 Å². The van der Waals surface area contributed by atoms with Gasteiger partial charge in [-0.15, -0.1) is 0 Å². The van der Waals surface area contributed by atoms with Gasteiger partial charge in [0.05, 0.1) is 31.7 Å². The Morgan fingerprint density at radius 3 is 2.55 bits per heavy atom. The van der Waals surface area contributed by atoms with Gasteiger partial charge in [-0.2, -0.15) is 0 Å². The number of hydrogen-bond donors (Lipinski definition) is 1. The second kappa shape index (κ2) is 6.79. The zero-order valence-corrected chi connectivity index (χ0v) is 13.0. The van der Waals surface area contributed by atoms with Crippen LogP contribution in [0.5, 0.6) is 17.4 Å². The summed E-state index contributed by atoms with van der Waals surface area (Å²) in [6, 6.07) is 3.71. The van der Waals surface area contributed by atoms with E-state index in [9.17, 15) is 0 Å². The number of fused-ring (bicyclic) bond motifs is 1. The lowest BCUT2D eigenvalue weighted by molar-refractivity contribution is 0.211. The average molecular weight is 303 g/mol. The Labute approximate surface area is 129 Å². The molecule has 1 saturated heterocycles. The number of benzene rings is 1. The van der Waals surface area contributed by atoms with Gasteiger partial charge in [0.25, 0.3) is 0 Å². The normalized spacial score (nSPS) is 15.7. The smallest absolute Gasteiger partial charge is 0.224 e. The summed E-state index contributed by atoms with van der Waals surface area (Å²) in [6.07, 6.45) is 3.80. The van der Waals surface area contributed by atoms with Crippen molar-refractivity contribution in [1.29, 1.82) is 0 Å². The van der Waals surface area contributed by atoms with Gasteiger partial charge in [0.1, 0.15) is 6.33 Å². The first-order valence-corrected chi connectivity index (χ1v) is 7.52. The van der Waals surface area contributed by atoms with E-state index in [0.717, 1.165) is 36.8 Å². The molecule has 0 amide bonds. The summed E-state index contributed by atoms with van der Waals surface area (Å²) in [6.45, 7) is 2.80. The van der Waals surface area contributed by atoms with Crippen molar-refractivity contribution in [2.45, 2.75) is 12.8 Å². The lowest BCUT2D eigenvalue weighted by Crippen LogP contribution is -2.30. The van der Waals surface area contributed by atoms with Crippen LogP contribution in [0.15, 0.2) is 18.5 Å². The Morgan fingerprint density at radius 2 is 1.82 bits per heavy atom. The number of methoxy groups -OCH3 is 2. The van der Waals surface area contributed by atoms with Gasteiger partial charge in [-0.25, -0.2) is 9.97 Å². The fourth-order valence-corrected chi connectivity index (χ4v) is 2.72. The van der Waals surface area contributed by atoms with Crippen molar-refractivity contribution in [2.24, 2.45) is 5.92 Å². The molecule has 2 aromatic rings. The predicted molar refractivity (Wildman–Crippen MR) is 83.7 cm³/mol. The van der Waals surface area contributed by atoms with E-state index in [0.29, 0.717) is 29.9 Å². The third-order valence-electron chi connectivity index (χ3n) is 4.02. The topological polar surface area (TPSA) is 65.5 Å². The Kier molecular flexibility index (Phi) is 4.58. The molecule has 2 heterocycles. The molecule has 1 N–H and O–H groups in total. The van der Waals surface area contributed by atoms with Gasteiger partial charge in [0.2, 0.25) is 5.88 Å². The van der Waals surface area contributed by atoms with Gasteiger partial charge in [0.15, 0.2) is 11.5 Å². The number of piperidine rings is 1. The number of nitrogens with zero attached hydrogens (tertiary/aromatic N) is 2. The quantitative estimate of drug-likeness (QED) is 0.911. The monoisotopic (exact) mass is 303 g/mol.